The summed E-state index contributed by atoms with van der Waals surface area (Å²) in [6.45, 7) is 4.21. The molecule has 80 valence electrons. The van der Waals surface area contributed by atoms with Crippen LogP contribution >= 0.6 is 0 Å². The third-order valence-corrected chi connectivity index (χ3v) is 3.37. The van der Waals surface area contributed by atoms with Crippen LogP contribution in [0.3, 0.4) is 0 Å². The van der Waals surface area contributed by atoms with Gasteiger partial charge in [-0.25, -0.2) is 0 Å². The second-order valence-corrected chi connectivity index (χ2v) is 4.58. The first-order valence-corrected chi connectivity index (χ1v) is 5.82. The summed E-state index contributed by atoms with van der Waals surface area (Å²) in [5, 5.41) is 0. The maximum absolute atomic E-state index is 11.9. The van der Waals surface area contributed by atoms with E-state index < -0.39 is 0 Å². The van der Waals surface area contributed by atoms with Gasteiger partial charge in [-0.3, -0.25) is 4.79 Å². The number of Topliss-reactive ketones (excluding diaryl/α,β-unsaturated/α-hetero) is 1. The van der Waals surface area contributed by atoms with Gasteiger partial charge in [-0.15, -0.1) is 0 Å². The third kappa shape index (κ3) is 2.11. The van der Waals surface area contributed by atoms with Crippen LogP contribution in [0.5, 0.6) is 0 Å². The lowest BCUT2D eigenvalue weighted by atomic mass is 9.89. The topological polar surface area (TPSA) is 17.1 Å². The molecule has 2 rings (SSSR count). The summed E-state index contributed by atoms with van der Waals surface area (Å²) in [7, 11) is 0. The van der Waals surface area contributed by atoms with Crippen LogP contribution in [0.25, 0.3) is 0 Å². The lowest BCUT2D eigenvalue weighted by Crippen LogP contribution is -2.08. The van der Waals surface area contributed by atoms with Crippen molar-refractivity contribution in [3.05, 3.63) is 34.4 Å². The second-order valence-electron chi connectivity index (χ2n) is 4.58. The molecule has 0 spiro atoms. The van der Waals surface area contributed by atoms with E-state index in [4.69, 9.17) is 0 Å². The molecule has 0 aromatic heterocycles. The molecular weight excluding hydrogens is 184 g/mol. The van der Waals surface area contributed by atoms with Gasteiger partial charge in [0.15, 0.2) is 5.78 Å². The highest BCUT2D eigenvalue weighted by atomic mass is 16.1. The van der Waals surface area contributed by atoms with Crippen LogP contribution in [-0.2, 0) is 6.42 Å². The number of hydrogen-bond acceptors (Lipinski definition) is 1. The lowest BCUT2D eigenvalue weighted by Gasteiger charge is -2.14. The van der Waals surface area contributed by atoms with Crippen molar-refractivity contribution in [3.63, 3.8) is 0 Å². The standard InChI is InChI=1S/C14H18O/c1-10-8-12-6-4-3-5-7-14(15)13(12)9-11(10)2/h8-9H,3-7H2,1-2H3. The van der Waals surface area contributed by atoms with Crippen molar-refractivity contribution in [2.45, 2.75) is 46.0 Å². The van der Waals surface area contributed by atoms with Gasteiger partial charge >= 0.3 is 0 Å². The number of aryl methyl sites for hydroxylation is 3. The molecule has 0 fully saturated rings. The summed E-state index contributed by atoms with van der Waals surface area (Å²) >= 11 is 0. The summed E-state index contributed by atoms with van der Waals surface area (Å²) < 4.78 is 0. The molecule has 1 aliphatic carbocycles. The van der Waals surface area contributed by atoms with E-state index in [1.165, 1.54) is 29.5 Å². The zero-order valence-electron chi connectivity index (χ0n) is 9.60. The van der Waals surface area contributed by atoms with E-state index in [9.17, 15) is 4.79 Å². The molecular formula is C14H18O. The van der Waals surface area contributed by atoms with Gasteiger partial charge in [-0.05, 0) is 55.9 Å². The van der Waals surface area contributed by atoms with Crippen molar-refractivity contribution >= 4 is 5.78 Å². The van der Waals surface area contributed by atoms with Crippen LogP contribution < -0.4 is 0 Å². The highest BCUT2D eigenvalue weighted by molar-refractivity contribution is 5.97. The molecule has 0 N–H and O–H groups in total. The molecule has 1 aromatic carbocycles. The Morgan fingerprint density at radius 2 is 1.60 bits per heavy atom. The molecule has 0 heterocycles. The Labute approximate surface area is 91.5 Å². The molecule has 15 heavy (non-hydrogen) atoms. The largest absolute Gasteiger partial charge is 0.294 e. The van der Waals surface area contributed by atoms with Crippen LogP contribution in [-0.4, -0.2) is 5.78 Å². The fourth-order valence-electron chi connectivity index (χ4n) is 2.25. The van der Waals surface area contributed by atoms with Gasteiger partial charge in [-0.2, -0.15) is 0 Å². The maximum atomic E-state index is 11.9. The van der Waals surface area contributed by atoms with Crippen molar-refractivity contribution in [1.82, 2.24) is 0 Å². The molecule has 0 aliphatic heterocycles. The van der Waals surface area contributed by atoms with Crippen LogP contribution in [0.1, 0.15) is 52.7 Å². The van der Waals surface area contributed by atoms with E-state index in [1.54, 1.807) is 0 Å². The molecule has 0 saturated heterocycles. The van der Waals surface area contributed by atoms with Crippen molar-refractivity contribution in [3.8, 4) is 0 Å². The van der Waals surface area contributed by atoms with Gasteiger partial charge in [0.2, 0.25) is 0 Å². The van der Waals surface area contributed by atoms with Gasteiger partial charge < -0.3 is 0 Å². The van der Waals surface area contributed by atoms with Gasteiger partial charge in [0.1, 0.15) is 0 Å². The Balaban J connectivity index is 2.47. The zero-order chi connectivity index (χ0) is 10.8. The Kier molecular flexibility index (Phi) is 2.90. The molecule has 0 unspecified atom stereocenters. The normalized spacial score (nSPS) is 16.8. The average molecular weight is 202 g/mol. The molecule has 0 bridgehead atoms. The van der Waals surface area contributed by atoms with E-state index in [2.05, 4.69) is 26.0 Å². The van der Waals surface area contributed by atoms with E-state index in [0.717, 1.165) is 24.8 Å². The number of rotatable bonds is 0. The summed E-state index contributed by atoms with van der Waals surface area (Å²) in [5.41, 5.74) is 4.80. The van der Waals surface area contributed by atoms with Crippen LogP contribution in [0.15, 0.2) is 12.1 Å². The molecule has 0 amide bonds. The predicted molar refractivity (Wildman–Crippen MR) is 62.4 cm³/mol. The van der Waals surface area contributed by atoms with Crippen molar-refractivity contribution in [2.24, 2.45) is 0 Å². The first-order valence-electron chi connectivity index (χ1n) is 5.82. The minimum Gasteiger partial charge on any atom is -0.294 e. The molecule has 1 heteroatoms. The Bertz CT molecular complexity index is 391. The van der Waals surface area contributed by atoms with Crippen LogP contribution in [0.4, 0.5) is 0 Å². The van der Waals surface area contributed by atoms with Crippen molar-refractivity contribution < 1.29 is 4.79 Å². The van der Waals surface area contributed by atoms with E-state index in [-0.39, 0.29) is 0 Å². The Morgan fingerprint density at radius 1 is 0.933 bits per heavy atom. The number of fused-ring (bicyclic) bond motifs is 1. The van der Waals surface area contributed by atoms with Crippen LogP contribution in [0.2, 0.25) is 0 Å². The van der Waals surface area contributed by atoms with E-state index >= 15 is 0 Å². The average Bonchev–Trinajstić information content (AvgIpc) is 2.19. The van der Waals surface area contributed by atoms with Gasteiger partial charge in [0.05, 0.1) is 0 Å². The zero-order valence-corrected chi connectivity index (χ0v) is 9.60. The smallest absolute Gasteiger partial charge is 0.163 e. The van der Waals surface area contributed by atoms with E-state index in [0.29, 0.717) is 5.78 Å². The highest BCUT2D eigenvalue weighted by Crippen LogP contribution is 2.23. The maximum Gasteiger partial charge on any atom is 0.163 e. The van der Waals surface area contributed by atoms with Gasteiger partial charge in [0, 0.05) is 12.0 Å². The summed E-state index contributed by atoms with van der Waals surface area (Å²) in [5.74, 6) is 0.341. The third-order valence-electron chi connectivity index (χ3n) is 3.37. The molecule has 0 atom stereocenters. The number of benzene rings is 1. The number of hydrogen-bond donors (Lipinski definition) is 0. The minimum atomic E-state index is 0.341. The second kappa shape index (κ2) is 4.18. The van der Waals surface area contributed by atoms with Gasteiger partial charge in [0.25, 0.3) is 0 Å². The lowest BCUT2D eigenvalue weighted by molar-refractivity contribution is 0.0976. The quantitative estimate of drug-likeness (QED) is 0.628. The fraction of sp³-hybridized carbons (Fsp3) is 0.500. The number of carbonyl (C=O) groups is 1. The molecule has 0 saturated carbocycles. The fourth-order valence-corrected chi connectivity index (χ4v) is 2.25. The van der Waals surface area contributed by atoms with Gasteiger partial charge in [-0.1, -0.05) is 12.5 Å². The first kappa shape index (κ1) is 10.4. The predicted octanol–water partition coefficient (Wildman–Crippen LogP) is 3.60. The summed E-state index contributed by atoms with van der Waals surface area (Å²) in [6, 6.07) is 4.28. The molecule has 0 radical (unpaired) electrons. The number of carbonyl (C=O) groups excluding carboxylic acids is 1. The number of ketones is 1. The highest BCUT2D eigenvalue weighted by Gasteiger charge is 2.14. The summed E-state index contributed by atoms with van der Waals surface area (Å²) in [4.78, 5) is 11.9. The van der Waals surface area contributed by atoms with Crippen molar-refractivity contribution in [1.29, 1.82) is 0 Å². The molecule has 1 nitrogen and oxygen atoms in total. The van der Waals surface area contributed by atoms with Crippen LogP contribution in [0, 0.1) is 13.8 Å². The van der Waals surface area contributed by atoms with Crippen molar-refractivity contribution in [2.75, 3.05) is 0 Å². The summed E-state index contributed by atoms with van der Waals surface area (Å²) in [6.07, 6.45) is 5.28. The molecule has 1 aliphatic rings. The first-order chi connectivity index (χ1) is 7.18. The SMILES string of the molecule is Cc1cc2c(cc1C)C(=O)CCCCC2. The Morgan fingerprint density at radius 3 is 2.40 bits per heavy atom. The monoisotopic (exact) mass is 202 g/mol. The van der Waals surface area contributed by atoms with E-state index in [1.807, 2.05) is 0 Å². The Hall–Kier alpha value is -1.11. The minimum absolute atomic E-state index is 0.341. The molecule has 1 aromatic rings.